The number of hydrogen-bond acceptors (Lipinski definition) is 3. The predicted octanol–water partition coefficient (Wildman–Crippen LogP) is 2.75. The maximum absolute atomic E-state index is 9.04. The van der Waals surface area contributed by atoms with Crippen LogP contribution in [0, 0.1) is 17.2 Å². The van der Waals surface area contributed by atoms with E-state index >= 15 is 0 Å². The molecule has 0 aliphatic carbocycles. The van der Waals surface area contributed by atoms with Gasteiger partial charge >= 0.3 is 0 Å². The van der Waals surface area contributed by atoms with Crippen LogP contribution in [-0.2, 0) is 0 Å². The standard InChI is InChI=1S/C12H15BrN2O/c1-8(7-16)9(2)15-12-4-3-10(6-14)5-11(12)13/h3-5,8-9,15-16H,7H2,1-2H3. The zero-order valence-corrected chi connectivity index (χ0v) is 11.0. The minimum atomic E-state index is 0.155. The topological polar surface area (TPSA) is 56.0 Å². The Morgan fingerprint density at radius 1 is 1.50 bits per heavy atom. The molecule has 1 aromatic rings. The molecule has 16 heavy (non-hydrogen) atoms. The Morgan fingerprint density at radius 3 is 2.69 bits per heavy atom. The van der Waals surface area contributed by atoms with E-state index in [-0.39, 0.29) is 18.6 Å². The zero-order chi connectivity index (χ0) is 12.1. The average molecular weight is 283 g/mol. The van der Waals surface area contributed by atoms with Gasteiger partial charge in [0.05, 0.1) is 11.6 Å². The Morgan fingerprint density at radius 2 is 2.19 bits per heavy atom. The molecule has 0 saturated heterocycles. The summed E-state index contributed by atoms with van der Waals surface area (Å²) in [6.07, 6.45) is 0. The first kappa shape index (κ1) is 13.0. The number of benzene rings is 1. The second kappa shape index (κ2) is 5.88. The highest BCUT2D eigenvalue weighted by Gasteiger charge is 2.12. The van der Waals surface area contributed by atoms with Crippen LogP contribution in [0.2, 0.25) is 0 Å². The molecule has 0 fully saturated rings. The smallest absolute Gasteiger partial charge is 0.0992 e. The number of nitrogens with one attached hydrogen (secondary N) is 1. The molecule has 4 heteroatoms. The summed E-state index contributed by atoms with van der Waals surface area (Å²) in [5, 5.41) is 21.1. The number of rotatable bonds is 4. The fourth-order valence-corrected chi connectivity index (χ4v) is 1.74. The van der Waals surface area contributed by atoms with Crippen molar-refractivity contribution in [2.75, 3.05) is 11.9 Å². The molecule has 0 amide bonds. The van der Waals surface area contributed by atoms with Crippen LogP contribution < -0.4 is 5.32 Å². The van der Waals surface area contributed by atoms with Crippen LogP contribution in [0.3, 0.4) is 0 Å². The fourth-order valence-electron chi connectivity index (χ4n) is 1.25. The largest absolute Gasteiger partial charge is 0.396 e. The lowest BCUT2D eigenvalue weighted by Crippen LogP contribution is -2.26. The van der Waals surface area contributed by atoms with E-state index in [1.54, 1.807) is 12.1 Å². The van der Waals surface area contributed by atoms with Crippen LogP contribution in [0.4, 0.5) is 5.69 Å². The molecule has 0 spiro atoms. The predicted molar refractivity (Wildman–Crippen MR) is 68.2 cm³/mol. The monoisotopic (exact) mass is 282 g/mol. The third kappa shape index (κ3) is 3.22. The molecule has 2 N–H and O–H groups in total. The summed E-state index contributed by atoms with van der Waals surface area (Å²) in [6, 6.07) is 7.67. The van der Waals surface area contributed by atoms with Crippen molar-refractivity contribution in [1.82, 2.24) is 0 Å². The van der Waals surface area contributed by atoms with Gasteiger partial charge in [0.1, 0.15) is 0 Å². The van der Waals surface area contributed by atoms with Crippen molar-refractivity contribution in [2.24, 2.45) is 5.92 Å². The van der Waals surface area contributed by atoms with E-state index in [0.717, 1.165) is 10.2 Å². The van der Waals surface area contributed by atoms with Gasteiger partial charge in [0, 0.05) is 22.8 Å². The molecule has 1 aromatic carbocycles. The maximum Gasteiger partial charge on any atom is 0.0992 e. The molecule has 1 rings (SSSR count). The Balaban J connectivity index is 2.79. The molecule has 0 bridgehead atoms. The van der Waals surface area contributed by atoms with Gasteiger partial charge in [-0.25, -0.2) is 0 Å². The van der Waals surface area contributed by atoms with E-state index in [1.165, 1.54) is 0 Å². The Bertz CT molecular complexity index is 400. The number of hydrogen-bond donors (Lipinski definition) is 2. The van der Waals surface area contributed by atoms with E-state index in [2.05, 4.69) is 27.3 Å². The molecule has 2 unspecified atom stereocenters. The fraction of sp³-hybridized carbons (Fsp3) is 0.417. The number of halogens is 1. The molecule has 0 saturated carbocycles. The minimum Gasteiger partial charge on any atom is -0.396 e. The molecule has 86 valence electrons. The van der Waals surface area contributed by atoms with Gasteiger partial charge in [0.25, 0.3) is 0 Å². The van der Waals surface area contributed by atoms with Crippen molar-refractivity contribution in [3.63, 3.8) is 0 Å². The lowest BCUT2D eigenvalue weighted by Gasteiger charge is -2.21. The first-order valence-corrected chi connectivity index (χ1v) is 5.94. The normalized spacial score (nSPS) is 13.9. The van der Waals surface area contributed by atoms with E-state index in [0.29, 0.717) is 5.56 Å². The molecular weight excluding hydrogens is 268 g/mol. The number of nitrogens with zero attached hydrogens (tertiary/aromatic N) is 1. The van der Waals surface area contributed by atoms with Gasteiger partial charge in [0.2, 0.25) is 0 Å². The van der Waals surface area contributed by atoms with Crippen LogP contribution in [0.1, 0.15) is 19.4 Å². The van der Waals surface area contributed by atoms with E-state index in [9.17, 15) is 0 Å². The molecule has 0 heterocycles. The molecule has 0 radical (unpaired) electrons. The second-order valence-electron chi connectivity index (χ2n) is 3.90. The van der Waals surface area contributed by atoms with E-state index in [4.69, 9.17) is 10.4 Å². The summed E-state index contributed by atoms with van der Waals surface area (Å²) >= 11 is 3.41. The third-order valence-electron chi connectivity index (χ3n) is 2.62. The van der Waals surface area contributed by atoms with Crippen molar-refractivity contribution in [3.8, 4) is 6.07 Å². The van der Waals surface area contributed by atoms with E-state index in [1.807, 2.05) is 19.9 Å². The van der Waals surface area contributed by atoms with Crippen molar-refractivity contribution >= 4 is 21.6 Å². The number of nitriles is 1. The molecule has 0 aliphatic rings. The van der Waals surface area contributed by atoms with Crippen molar-refractivity contribution < 1.29 is 5.11 Å². The number of anilines is 1. The summed E-state index contributed by atoms with van der Waals surface area (Å²) in [7, 11) is 0. The van der Waals surface area contributed by atoms with Gasteiger partial charge in [-0.15, -0.1) is 0 Å². The molecule has 0 aromatic heterocycles. The van der Waals surface area contributed by atoms with Crippen molar-refractivity contribution in [3.05, 3.63) is 28.2 Å². The first-order valence-electron chi connectivity index (χ1n) is 5.15. The van der Waals surface area contributed by atoms with Gasteiger partial charge in [-0.05, 0) is 47.0 Å². The quantitative estimate of drug-likeness (QED) is 0.893. The Hall–Kier alpha value is -1.05. The summed E-state index contributed by atoms with van der Waals surface area (Å²) in [5.41, 5.74) is 1.56. The third-order valence-corrected chi connectivity index (χ3v) is 3.28. The van der Waals surface area contributed by atoms with Gasteiger partial charge in [0.15, 0.2) is 0 Å². The Labute approximate surface area is 104 Å². The molecular formula is C12H15BrN2O. The highest BCUT2D eigenvalue weighted by molar-refractivity contribution is 9.10. The molecule has 2 atom stereocenters. The van der Waals surface area contributed by atoms with Crippen LogP contribution in [0.5, 0.6) is 0 Å². The van der Waals surface area contributed by atoms with Gasteiger partial charge in [-0.1, -0.05) is 6.92 Å². The summed E-state index contributed by atoms with van der Waals surface area (Å²) < 4.78 is 0.864. The van der Waals surface area contributed by atoms with Crippen molar-refractivity contribution in [1.29, 1.82) is 5.26 Å². The van der Waals surface area contributed by atoms with Gasteiger partial charge < -0.3 is 10.4 Å². The summed E-state index contributed by atoms with van der Waals surface area (Å²) in [4.78, 5) is 0. The average Bonchev–Trinajstić information content (AvgIpc) is 2.30. The maximum atomic E-state index is 9.04. The summed E-state index contributed by atoms with van der Waals surface area (Å²) in [6.45, 7) is 4.16. The summed E-state index contributed by atoms with van der Waals surface area (Å²) in [5.74, 6) is 0.183. The second-order valence-corrected chi connectivity index (χ2v) is 4.75. The zero-order valence-electron chi connectivity index (χ0n) is 9.37. The van der Waals surface area contributed by atoms with E-state index < -0.39 is 0 Å². The SMILES string of the molecule is CC(CO)C(C)Nc1ccc(C#N)cc1Br. The lowest BCUT2D eigenvalue weighted by molar-refractivity contribution is 0.226. The minimum absolute atomic E-state index is 0.155. The van der Waals surface area contributed by atoms with Gasteiger partial charge in [-0.2, -0.15) is 5.26 Å². The number of aliphatic hydroxyl groups excluding tert-OH is 1. The highest BCUT2D eigenvalue weighted by Crippen LogP contribution is 2.25. The van der Waals surface area contributed by atoms with Crippen molar-refractivity contribution in [2.45, 2.75) is 19.9 Å². The molecule has 3 nitrogen and oxygen atoms in total. The van der Waals surface area contributed by atoms with Crippen LogP contribution >= 0.6 is 15.9 Å². The van der Waals surface area contributed by atoms with Gasteiger partial charge in [-0.3, -0.25) is 0 Å². The lowest BCUT2D eigenvalue weighted by atomic mass is 10.0. The van der Waals surface area contributed by atoms with Crippen LogP contribution in [-0.4, -0.2) is 17.8 Å². The van der Waals surface area contributed by atoms with Crippen LogP contribution in [0.15, 0.2) is 22.7 Å². The molecule has 0 aliphatic heterocycles. The highest BCUT2D eigenvalue weighted by atomic mass is 79.9. The Kier molecular flexibility index (Phi) is 4.78. The first-order chi connectivity index (χ1) is 7.58. The van der Waals surface area contributed by atoms with Crippen LogP contribution in [0.25, 0.3) is 0 Å². The number of aliphatic hydroxyl groups is 1.